The maximum atomic E-state index is 13.7. The van der Waals surface area contributed by atoms with Crippen LogP contribution in [-0.2, 0) is 6.61 Å². The molecule has 0 aliphatic heterocycles. The first-order chi connectivity index (χ1) is 15.7. The third-order valence-corrected chi connectivity index (χ3v) is 4.48. The van der Waals surface area contributed by atoms with Gasteiger partial charge in [0.1, 0.15) is 18.1 Å². The highest BCUT2D eigenvalue weighted by Crippen LogP contribution is 2.37. The van der Waals surface area contributed by atoms with E-state index in [9.17, 15) is 26.3 Å². The van der Waals surface area contributed by atoms with Gasteiger partial charge >= 0.3 is 0 Å². The van der Waals surface area contributed by atoms with Crippen LogP contribution in [0.1, 0.15) is 18.1 Å². The van der Waals surface area contributed by atoms with Gasteiger partial charge < -0.3 is 9.47 Å². The number of hydrogen-bond acceptors (Lipinski definition) is 4. The number of hydrogen-bond donors (Lipinski definition) is 1. The molecule has 0 atom stereocenters. The molecule has 0 fully saturated rings. The normalized spacial score (nSPS) is 11.2. The molecule has 3 aromatic rings. The summed E-state index contributed by atoms with van der Waals surface area (Å²) in [6.45, 7) is 1.93. The van der Waals surface area contributed by atoms with Crippen LogP contribution in [0.3, 0.4) is 0 Å². The van der Waals surface area contributed by atoms with E-state index in [1.54, 1.807) is 18.4 Å². The van der Waals surface area contributed by atoms with Gasteiger partial charge in [0.2, 0.25) is 5.82 Å². The molecule has 0 heterocycles. The van der Waals surface area contributed by atoms with E-state index in [0.717, 1.165) is 6.21 Å². The van der Waals surface area contributed by atoms with Crippen molar-refractivity contribution in [2.75, 3.05) is 12.0 Å². The Bertz CT molecular complexity index is 1180. The fraction of sp³-hybridized carbons (Fsp3) is 0.136. The van der Waals surface area contributed by atoms with Crippen molar-refractivity contribution in [3.05, 3.63) is 87.5 Å². The predicted molar refractivity (Wildman–Crippen MR) is 111 cm³/mol. The van der Waals surface area contributed by atoms with Gasteiger partial charge in [-0.05, 0) is 42.3 Å². The third kappa shape index (κ3) is 5.51. The van der Waals surface area contributed by atoms with Crippen molar-refractivity contribution in [3.8, 4) is 11.5 Å². The summed E-state index contributed by atoms with van der Waals surface area (Å²) in [5, 5.41) is 3.59. The number of benzene rings is 3. The van der Waals surface area contributed by atoms with Gasteiger partial charge in [-0.1, -0.05) is 23.7 Å². The van der Waals surface area contributed by atoms with E-state index in [0.29, 0.717) is 5.56 Å². The van der Waals surface area contributed by atoms with Crippen LogP contribution in [-0.4, -0.2) is 12.8 Å². The molecule has 11 heteroatoms. The minimum atomic E-state index is -2.28. The van der Waals surface area contributed by atoms with Gasteiger partial charge in [0.15, 0.2) is 34.8 Å². The molecule has 0 bridgehead atoms. The summed E-state index contributed by atoms with van der Waals surface area (Å²) >= 11 is 6.25. The van der Waals surface area contributed by atoms with E-state index in [4.69, 9.17) is 21.1 Å². The van der Waals surface area contributed by atoms with Crippen LogP contribution in [0, 0.1) is 34.9 Å². The first kappa shape index (κ1) is 24.2. The molecule has 0 saturated carbocycles. The van der Waals surface area contributed by atoms with Crippen molar-refractivity contribution in [1.82, 2.24) is 0 Å². The molecule has 0 aliphatic carbocycles. The molecule has 0 spiro atoms. The molecule has 0 aliphatic rings. The predicted octanol–water partition coefficient (Wildman–Crippen LogP) is 6.60. The third-order valence-electron chi connectivity index (χ3n) is 4.20. The minimum Gasteiger partial charge on any atom is -0.490 e. The summed E-state index contributed by atoms with van der Waals surface area (Å²) in [5.74, 6) is -10.7. The smallest absolute Gasteiger partial charge is 0.200 e. The summed E-state index contributed by atoms with van der Waals surface area (Å²) in [7, 11) is 0. The Morgan fingerprint density at radius 1 is 0.909 bits per heavy atom. The van der Waals surface area contributed by atoms with Gasteiger partial charge in [-0.25, -0.2) is 26.3 Å². The van der Waals surface area contributed by atoms with Gasteiger partial charge in [-0.15, -0.1) is 0 Å². The largest absolute Gasteiger partial charge is 0.490 e. The maximum absolute atomic E-state index is 13.7. The summed E-state index contributed by atoms with van der Waals surface area (Å²) in [6.07, 6.45) is 1.03. The van der Waals surface area contributed by atoms with Crippen molar-refractivity contribution in [3.63, 3.8) is 0 Å². The van der Waals surface area contributed by atoms with Crippen LogP contribution in [0.2, 0.25) is 5.02 Å². The first-order valence-corrected chi connectivity index (χ1v) is 9.74. The van der Waals surface area contributed by atoms with Crippen LogP contribution in [0.4, 0.5) is 32.0 Å². The zero-order chi connectivity index (χ0) is 24.1. The fourth-order valence-electron chi connectivity index (χ4n) is 2.72. The highest BCUT2D eigenvalue weighted by molar-refractivity contribution is 6.32. The number of ether oxygens (including phenoxy) is 2. The molecule has 0 aromatic heterocycles. The molecule has 3 aromatic carbocycles. The highest BCUT2D eigenvalue weighted by Gasteiger charge is 2.25. The number of nitrogens with one attached hydrogen (secondary N) is 1. The molecule has 1 N–H and O–H groups in total. The summed E-state index contributed by atoms with van der Waals surface area (Å²) in [6, 6.07) is 8.56. The molecular weight excluding hydrogens is 474 g/mol. The quantitative estimate of drug-likeness (QED) is 0.128. The Morgan fingerprint density at radius 2 is 1.58 bits per heavy atom. The standard InChI is InChI=1S/C22H15ClF6N2O2/c1-2-32-15-8-12(7-14(23)22(15)33-10-11-4-3-5-13(24)6-11)9-30-31-21-19(28)17(26)16(25)18(27)20(21)29/h3-9,31H,2,10H2,1H3/b30-9+. The van der Waals surface area contributed by atoms with Crippen molar-refractivity contribution in [2.24, 2.45) is 5.10 Å². The molecule has 174 valence electrons. The van der Waals surface area contributed by atoms with Crippen LogP contribution in [0.5, 0.6) is 11.5 Å². The lowest BCUT2D eigenvalue weighted by Crippen LogP contribution is -2.06. The molecule has 0 unspecified atom stereocenters. The van der Waals surface area contributed by atoms with Gasteiger partial charge in [0.25, 0.3) is 0 Å². The second-order valence-corrected chi connectivity index (χ2v) is 6.90. The molecule has 0 saturated heterocycles. The second kappa shape index (κ2) is 10.5. The van der Waals surface area contributed by atoms with E-state index in [1.165, 1.54) is 30.3 Å². The lowest BCUT2D eigenvalue weighted by Gasteiger charge is -2.14. The Hall–Kier alpha value is -3.40. The van der Waals surface area contributed by atoms with Crippen LogP contribution < -0.4 is 14.9 Å². The average molecular weight is 489 g/mol. The Kier molecular flexibility index (Phi) is 7.70. The van der Waals surface area contributed by atoms with Gasteiger partial charge in [0.05, 0.1) is 17.8 Å². The maximum Gasteiger partial charge on any atom is 0.200 e. The number of halogens is 7. The Balaban J connectivity index is 1.82. The van der Waals surface area contributed by atoms with Gasteiger partial charge in [0, 0.05) is 0 Å². The van der Waals surface area contributed by atoms with E-state index >= 15 is 0 Å². The van der Waals surface area contributed by atoms with Crippen LogP contribution >= 0.6 is 11.6 Å². The second-order valence-electron chi connectivity index (χ2n) is 6.50. The molecule has 0 amide bonds. The zero-order valence-electron chi connectivity index (χ0n) is 16.9. The first-order valence-electron chi connectivity index (χ1n) is 9.37. The fourth-order valence-corrected chi connectivity index (χ4v) is 3.00. The summed E-state index contributed by atoms with van der Waals surface area (Å²) in [4.78, 5) is 0. The van der Waals surface area contributed by atoms with Gasteiger partial charge in [-0.3, -0.25) is 5.43 Å². The highest BCUT2D eigenvalue weighted by atomic mass is 35.5. The Morgan fingerprint density at radius 3 is 2.21 bits per heavy atom. The summed E-state index contributed by atoms with van der Waals surface area (Å²) in [5.41, 5.74) is 1.30. The Labute approximate surface area is 189 Å². The molecule has 3 rings (SSSR count). The molecule has 0 radical (unpaired) electrons. The molecule has 33 heavy (non-hydrogen) atoms. The molecular formula is C22H15ClF6N2O2. The topological polar surface area (TPSA) is 42.8 Å². The molecule has 4 nitrogen and oxygen atoms in total. The SMILES string of the molecule is CCOc1cc(/C=N/Nc2c(F)c(F)c(F)c(F)c2F)cc(Cl)c1OCc1cccc(F)c1. The van der Waals surface area contributed by atoms with Crippen molar-refractivity contribution < 1.29 is 35.8 Å². The van der Waals surface area contributed by atoms with Crippen LogP contribution in [0.25, 0.3) is 0 Å². The number of rotatable bonds is 8. The number of hydrazone groups is 1. The minimum absolute atomic E-state index is 0.00715. The number of anilines is 1. The van der Waals surface area contributed by atoms with Gasteiger partial charge in [-0.2, -0.15) is 5.10 Å². The van der Waals surface area contributed by atoms with E-state index in [-0.39, 0.29) is 35.3 Å². The van der Waals surface area contributed by atoms with E-state index < -0.39 is 40.6 Å². The lowest BCUT2D eigenvalue weighted by atomic mass is 10.2. The van der Waals surface area contributed by atoms with E-state index in [2.05, 4.69) is 5.10 Å². The van der Waals surface area contributed by atoms with E-state index in [1.807, 2.05) is 0 Å². The van der Waals surface area contributed by atoms with Crippen molar-refractivity contribution in [1.29, 1.82) is 0 Å². The van der Waals surface area contributed by atoms with Crippen LogP contribution in [0.15, 0.2) is 41.5 Å². The average Bonchev–Trinajstić information content (AvgIpc) is 2.78. The van der Waals surface area contributed by atoms with Crippen molar-refractivity contribution >= 4 is 23.5 Å². The number of nitrogens with zero attached hydrogens (tertiary/aromatic N) is 1. The summed E-state index contributed by atoms with van der Waals surface area (Å²) < 4.78 is 91.6. The lowest BCUT2D eigenvalue weighted by molar-refractivity contribution is 0.269. The van der Waals surface area contributed by atoms with Crippen molar-refractivity contribution in [2.45, 2.75) is 13.5 Å². The zero-order valence-corrected chi connectivity index (χ0v) is 17.6. The monoisotopic (exact) mass is 488 g/mol.